The first-order valence-electron chi connectivity index (χ1n) is 22.6. The van der Waals surface area contributed by atoms with Gasteiger partial charge in [-0.05, 0) is 63.9 Å². The van der Waals surface area contributed by atoms with E-state index in [0.717, 1.165) is 105 Å². The fourth-order valence-corrected chi connectivity index (χ4v) is 10.2. The molecule has 0 aliphatic heterocycles. The molecular formula is C61H37N5O. The van der Waals surface area contributed by atoms with Crippen LogP contribution in [0.3, 0.4) is 0 Å². The van der Waals surface area contributed by atoms with Crippen molar-refractivity contribution < 1.29 is 4.42 Å². The topological polar surface area (TPSA) is 61.7 Å². The molecule has 0 amide bonds. The van der Waals surface area contributed by atoms with Gasteiger partial charge >= 0.3 is 0 Å². The lowest BCUT2D eigenvalue weighted by Crippen LogP contribution is -2.07. The highest BCUT2D eigenvalue weighted by molar-refractivity contribution is 6.24. The summed E-state index contributed by atoms with van der Waals surface area (Å²) in [5.74, 6) is 1.74. The van der Waals surface area contributed by atoms with Gasteiger partial charge in [-0.3, -0.25) is 4.57 Å². The lowest BCUT2D eigenvalue weighted by atomic mass is 9.98. The molecule has 6 heteroatoms. The predicted octanol–water partition coefficient (Wildman–Crippen LogP) is 15.8. The average Bonchev–Trinajstić information content (AvgIpc) is 4.07. The van der Waals surface area contributed by atoms with Crippen molar-refractivity contribution in [2.45, 2.75) is 0 Å². The van der Waals surface area contributed by atoms with Crippen LogP contribution in [0.25, 0.3) is 133 Å². The van der Waals surface area contributed by atoms with Crippen LogP contribution >= 0.6 is 0 Å². The van der Waals surface area contributed by atoms with Crippen LogP contribution in [0.1, 0.15) is 0 Å². The lowest BCUT2D eigenvalue weighted by molar-refractivity contribution is 0.670. The Hall–Kier alpha value is -9.13. The van der Waals surface area contributed by atoms with Crippen LogP contribution in [-0.4, -0.2) is 24.1 Å². The summed E-state index contributed by atoms with van der Waals surface area (Å²) < 4.78 is 11.5. The molecule has 0 fully saturated rings. The van der Waals surface area contributed by atoms with Crippen LogP contribution in [0.5, 0.6) is 0 Å². The van der Waals surface area contributed by atoms with Gasteiger partial charge in [0.25, 0.3) is 0 Å². The number of rotatable bonds is 6. The zero-order valence-corrected chi connectivity index (χ0v) is 36.0. The SMILES string of the molecule is c1ccc(-c2ccc(-c3nc(-c4ccccc4)nc(-n4c5ccccc5c5ccc6c7ccccc7n(-c7cc(-c8ccc9ccccc9c8)c8oc9ccccc9c8c7)c6c54)n3)cc2)cc1. The fraction of sp³-hybridized carbons (Fsp3) is 0. The van der Waals surface area contributed by atoms with Crippen LogP contribution in [0, 0.1) is 0 Å². The summed E-state index contributed by atoms with van der Waals surface area (Å²) >= 11 is 0. The molecular weight excluding hydrogens is 819 g/mol. The number of fused-ring (bicyclic) bond motifs is 11. The zero-order valence-electron chi connectivity index (χ0n) is 36.0. The summed E-state index contributed by atoms with van der Waals surface area (Å²) in [5.41, 5.74) is 13.1. The molecule has 0 bridgehead atoms. The van der Waals surface area contributed by atoms with Gasteiger partial charge in [0.2, 0.25) is 5.95 Å². The Morgan fingerprint density at radius 3 is 1.57 bits per heavy atom. The molecule has 10 aromatic carbocycles. The van der Waals surface area contributed by atoms with Gasteiger partial charge in [-0.2, -0.15) is 9.97 Å². The highest BCUT2D eigenvalue weighted by Crippen LogP contribution is 2.44. The van der Waals surface area contributed by atoms with E-state index in [1.807, 2.05) is 30.3 Å². The second kappa shape index (κ2) is 14.7. The highest BCUT2D eigenvalue weighted by Gasteiger charge is 2.25. The summed E-state index contributed by atoms with van der Waals surface area (Å²) in [5, 5.41) is 9.00. The number of benzene rings is 10. The van der Waals surface area contributed by atoms with Crippen molar-refractivity contribution in [3.05, 3.63) is 224 Å². The first kappa shape index (κ1) is 37.3. The van der Waals surface area contributed by atoms with Gasteiger partial charge in [0.05, 0.1) is 22.1 Å². The molecule has 0 saturated carbocycles. The number of hydrogen-bond acceptors (Lipinski definition) is 4. The third-order valence-corrected chi connectivity index (χ3v) is 13.4. The quantitative estimate of drug-likeness (QED) is 0.167. The van der Waals surface area contributed by atoms with Crippen molar-refractivity contribution in [1.82, 2.24) is 24.1 Å². The first-order chi connectivity index (χ1) is 33.2. The summed E-state index contributed by atoms with van der Waals surface area (Å²) in [7, 11) is 0. The molecule has 0 unspecified atom stereocenters. The molecule has 4 heterocycles. The van der Waals surface area contributed by atoms with Gasteiger partial charge in [0, 0.05) is 54.7 Å². The minimum atomic E-state index is 0.541. The minimum Gasteiger partial charge on any atom is -0.455 e. The van der Waals surface area contributed by atoms with Crippen molar-refractivity contribution >= 4 is 76.3 Å². The van der Waals surface area contributed by atoms with E-state index in [-0.39, 0.29) is 0 Å². The largest absolute Gasteiger partial charge is 0.455 e. The number of aromatic nitrogens is 5. The Bertz CT molecular complexity index is 4260. The van der Waals surface area contributed by atoms with Crippen LogP contribution in [0.4, 0.5) is 0 Å². The van der Waals surface area contributed by atoms with E-state index in [9.17, 15) is 0 Å². The third-order valence-electron chi connectivity index (χ3n) is 13.4. The van der Waals surface area contributed by atoms with E-state index in [0.29, 0.717) is 17.6 Å². The molecule has 67 heavy (non-hydrogen) atoms. The number of para-hydroxylation sites is 3. The second-order valence-electron chi connectivity index (χ2n) is 17.2. The van der Waals surface area contributed by atoms with Crippen LogP contribution < -0.4 is 0 Å². The Balaban J connectivity index is 1.09. The molecule has 4 aromatic heterocycles. The van der Waals surface area contributed by atoms with Gasteiger partial charge in [0.15, 0.2) is 11.6 Å². The third kappa shape index (κ3) is 5.86. The predicted molar refractivity (Wildman–Crippen MR) is 275 cm³/mol. The molecule has 0 N–H and O–H groups in total. The normalized spacial score (nSPS) is 11.9. The molecule has 14 rings (SSSR count). The molecule has 14 aromatic rings. The average molecular weight is 856 g/mol. The second-order valence-corrected chi connectivity index (χ2v) is 17.2. The van der Waals surface area contributed by atoms with E-state index in [1.54, 1.807) is 0 Å². The number of nitrogens with zero attached hydrogens (tertiary/aromatic N) is 5. The molecule has 0 atom stereocenters. The van der Waals surface area contributed by atoms with Crippen molar-refractivity contribution in [2.24, 2.45) is 0 Å². The summed E-state index contributed by atoms with van der Waals surface area (Å²) in [4.78, 5) is 15.9. The maximum absolute atomic E-state index is 6.77. The van der Waals surface area contributed by atoms with Gasteiger partial charge in [-0.1, -0.05) is 188 Å². The zero-order chi connectivity index (χ0) is 44.0. The molecule has 0 saturated heterocycles. The fourth-order valence-electron chi connectivity index (χ4n) is 10.2. The minimum absolute atomic E-state index is 0.541. The number of hydrogen-bond donors (Lipinski definition) is 0. The highest BCUT2D eigenvalue weighted by atomic mass is 16.3. The molecule has 312 valence electrons. The van der Waals surface area contributed by atoms with Gasteiger partial charge < -0.3 is 8.98 Å². The Kier molecular flexibility index (Phi) is 8.18. The lowest BCUT2D eigenvalue weighted by Gasteiger charge is -2.15. The van der Waals surface area contributed by atoms with Crippen LogP contribution in [0.2, 0.25) is 0 Å². The molecule has 0 spiro atoms. The summed E-state index contributed by atoms with van der Waals surface area (Å²) in [6.07, 6.45) is 0. The maximum atomic E-state index is 6.77. The van der Waals surface area contributed by atoms with E-state index >= 15 is 0 Å². The Morgan fingerprint density at radius 1 is 0.328 bits per heavy atom. The maximum Gasteiger partial charge on any atom is 0.238 e. The van der Waals surface area contributed by atoms with Gasteiger partial charge in [-0.25, -0.2) is 4.98 Å². The van der Waals surface area contributed by atoms with Gasteiger partial charge in [0.1, 0.15) is 11.2 Å². The first-order valence-corrected chi connectivity index (χ1v) is 22.6. The molecule has 0 aliphatic carbocycles. The van der Waals surface area contributed by atoms with E-state index in [2.05, 4.69) is 203 Å². The molecule has 0 aliphatic rings. The standard InChI is InChI=1S/C61H37N5O/c1-3-15-38(16-4-1)40-27-30-42(31-28-40)60-62-59(41-18-5-2-6-19-41)63-61(64-60)66-54-25-13-10-22-47(54)50-34-33-49-46-21-9-12-24-53(46)65(56(49)57(50)66)45-36-51(44-32-29-39-17-7-8-20-43(39)35-44)58-52(37-45)48-23-11-14-26-55(48)67-58/h1-37H. The Morgan fingerprint density at radius 2 is 0.851 bits per heavy atom. The van der Waals surface area contributed by atoms with Crippen molar-refractivity contribution in [2.75, 3.05) is 0 Å². The number of furan rings is 1. The van der Waals surface area contributed by atoms with E-state index < -0.39 is 0 Å². The molecule has 0 radical (unpaired) electrons. The Labute approximate surface area is 384 Å². The van der Waals surface area contributed by atoms with Crippen LogP contribution in [-0.2, 0) is 0 Å². The smallest absolute Gasteiger partial charge is 0.238 e. The van der Waals surface area contributed by atoms with Crippen molar-refractivity contribution in [3.8, 4) is 56.7 Å². The molecule has 6 nitrogen and oxygen atoms in total. The van der Waals surface area contributed by atoms with E-state index in [1.165, 1.54) is 10.8 Å². The summed E-state index contributed by atoms with van der Waals surface area (Å²) in [6, 6.07) is 79.2. The van der Waals surface area contributed by atoms with E-state index in [4.69, 9.17) is 19.4 Å². The van der Waals surface area contributed by atoms with Crippen molar-refractivity contribution in [1.29, 1.82) is 0 Å². The monoisotopic (exact) mass is 855 g/mol. The van der Waals surface area contributed by atoms with Crippen molar-refractivity contribution in [3.63, 3.8) is 0 Å². The summed E-state index contributed by atoms with van der Waals surface area (Å²) in [6.45, 7) is 0. The van der Waals surface area contributed by atoms with Crippen LogP contribution in [0.15, 0.2) is 229 Å². The van der Waals surface area contributed by atoms with Gasteiger partial charge in [-0.15, -0.1) is 0 Å².